The zero-order valence-electron chi connectivity index (χ0n) is 25.0. The summed E-state index contributed by atoms with van der Waals surface area (Å²) >= 11 is 0. The average Bonchev–Trinajstić information content (AvgIpc) is 3.37. The number of pyridine rings is 1. The summed E-state index contributed by atoms with van der Waals surface area (Å²) in [5.41, 5.74) is 7.54. The van der Waals surface area contributed by atoms with Gasteiger partial charge in [-0.05, 0) is 88.6 Å². The van der Waals surface area contributed by atoms with Gasteiger partial charge in [-0.2, -0.15) is 5.10 Å². The summed E-state index contributed by atoms with van der Waals surface area (Å²) in [5, 5.41) is 8.31. The third-order valence-electron chi connectivity index (χ3n) is 8.06. The van der Waals surface area contributed by atoms with Gasteiger partial charge < -0.3 is 11.1 Å². The number of nitrogen functional groups attached to an aromatic ring is 1. The van der Waals surface area contributed by atoms with Crippen molar-refractivity contribution in [2.24, 2.45) is 0 Å². The third-order valence-corrected chi connectivity index (χ3v) is 9.44. The second kappa shape index (κ2) is 12.4. The van der Waals surface area contributed by atoms with E-state index < -0.39 is 44.2 Å². The lowest BCUT2D eigenvalue weighted by Gasteiger charge is -2.30. The van der Waals surface area contributed by atoms with Crippen LogP contribution in [0.4, 0.5) is 29.1 Å². The van der Waals surface area contributed by atoms with Crippen LogP contribution in [-0.4, -0.2) is 41.9 Å². The highest BCUT2D eigenvalue weighted by Gasteiger charge is 2.30. The molecule has 0 saturated heterocycles. The fraction of sp³-hybridized carbons (Fsp3) is 0.419. The van der Waals surface area contributed by atoms with Crippen LogP contribution in [-0.2, 0) is 10.0 Å². The SMILES string of the molecule is Cc1ccc(F)c(S(=O)(=O)Nc2cc(F)c(-c3nn(C(C)C)c4c3c(N)ncc4[C@H]3CC[C@H](NC[C@H](C)F)CC3)cc2F)c1. The van der Waals surface area contributed by atoms with Crippen molar-refractivity contribution < 1.29 is 26.0 Å². The fourth-order valence-corrected chi connectivity index (χ4v) is 7.06. The molecular weight excluding hydrogens is 596 g/mol. The van der Waals surface area contributed by atoms with Crippen molar-refractivity contribution in [3.05, 3.63) is 65.1 Å². The summed E-state index contributed by atoms with van der Waals surface area (Å²) in [6, 6.07) is 5.08. The van der Waals surface area contributed by atoms with E-state index in [0.29, 0.717) is 29.1 Å². The highest BCUT2D eigenvalue weighted by atomic mass is 32.2. The van der Waals surface area contributed by atoms with E-state index in [0.717, 1.165) is 49.4 Å². The van der Waals surface area contributed by atoms with Gasteiger partial charge in [0.25, 0.3) is 10.0 Å². The van der Waals surface area contributed by atoms with E-state index in [-0.39, 0.29) is 35.1 Å². The minimum absolute atomic E-state index is 0.0726. The fourth-order valence-electron chi connectivity index (χ4n) is 5.84. The molecule has 1 saturated carbocycles. The number of nitrogens with one attached hydrogen (secondary N) is 2. The molecule has 1 fully saturated rings. The number of halogens is 4. The first-order valence-electron chi connectivity index (χ1n) is 14.6. The van der Waals surface area contributed by atoms with Crippen LogP contribution in [0.2, 0.25) is 0 Å². The smallest absolute Gasteiger partial charge is 0.264 e. The molecule has 0 radical (unpaired) electrons. The van der Waals surface area contributed by atoms with E-state index in [1.54, 1.807) is 17.8 Å². The molecule has 4 N–H and O–H groups in total. The quantitative estimate of drug-likeness (QED) is 0.176. The molecule has 1 atom stereocenters. The molecule has 2 aromatic carbocycles. The average molecular weight is 633 g/mol. The van der Waals surface area contributed by atoms with Crippen LogP contribution in [0.15, 0.2) is 41.4 Å². The van der Waals surface area contributed by atoms with E-state index in [9.17, 15) is 17.2 Å². The number of nitrogens with zero attached hydrogens (tertiary/aromatic N) is 3. The maximum Gasteiger partial charge on any atom is 0.264 e. The summed E-state index contributed by atoms with van der Waals surface area (Å²) in [6.07, 6.45) is 4.10. The van der Waals surface area contributed by atoms with Gasteiger partial charge in [0, 0.05) is 36.5 Å². The molecule has 0 bridgehead atoms. The van der Waals surface area contributed by atoms with Crippen molar-refractivity contribution in [2.75, 3.05) is 17.0 Å². The van der Waals surface area contributed by atoms with Crippen molar-refractivity contribution in [3.8, 4) is 11.3 Å². The molecule has 0 aliphatic heterocycles. The van der Waals surface area contributed by atoms with Crippen molar-refractivity contribution in [1.29, 1.82) is 0 Å². The van der Waals surface area contributed by atoms with Gasteiger partial charge in [0.05, 0.1) is 16.6 Å². The van der Waals surface area contributed by atoms with Gasteiger partial charge >= 0.3 is 0 Å². The highest BCUT2D eigenvalue weighted by molar-refractivity contribution is 7.92. The number of rotatable bonds is 9. The number of anilines is 2. The molecule has 8 nitrogen and oxygen atoms in total. The number of nitrogens with two attached hydrogens (primary N) is 1. The number of sulfonamides is 1. The van der Waals surface area contributed by atoms with E-state index >= 15 is 8.78 Å². The van der Waals surface area contributed by atoms with Crippen molar-refractivity contribution >= 4 is 32.4 Å². The number of hydrogen-bond acceptors (Lipinski definition) is 6. The second-order valence-corrected chi connectivity index (χ2v) is 13.4. The Bertz CT molecular complexity index is 1800. The van der Waals surface area contributed by atoms with Crippen LogP contribution in [0, 0.1) is 24.4 Å². The van der Waals surface area contributed by atoms with Crippen LogP contribution >= 0.6 is 0 Å². The van der Waals surface area contributed by atoms with Crippen molar-refractivity contribution in [2.45, 2.75) is 82.4 Å². The molecule has 0 unspecified atom stereocenters. The van der Waals surface area contributed by atoms with Crippen molar-refractivity contribution in [1.82, 2.24) is 20.1 Å². The molecule has 4 aromatic rings. The number of alkyl halides is 1. The standard InChI is InChI=1S/C31H36F4N6O2S/c1-16(2)41-30-22(19-6-8-20(9-7-19)37-14-18(4)32)15-38-31(36)28(30)29(39-41)21-12-25(35)26(13-24(21)34)40-44(42,43)27-11-17(3)5-10-23(27)33/h5,10-13,15-16,18-20,37,40H,6-9,14H2,1-4H3,(H2,36,38)/t18-,19-,20-/m0/s1. The molecule has 5 rings (SSSR count). The zero-order chi connectivity index (χ0) is 31.9. The lowest BCUT2D eigenvalue weighted by molar-refractivity contribution is 0.290. The lowest BCUT2D eigenvalue weighted by Crippen LogP contribution is -2.36. The Labute approximate surface area is 254 Å². The monoisotopic (exact) mass is 632 g/mol. The van der Waals surface area contributed by atoms with Crippen LogP contribution in [0.3, 0.4) is 0 Å². The maximum absolute atomic E-state index is 15.7. The highest BCUT2D eigenvalue weighted by Crippen LogP contribution is 2.42. The first kappa shape index (κ1) is 31.7. The molecule has 1 aliphatic rings. The molecule has 0 amide bonds. The van der Waals surface area contributed by atoms with Crippen molar-refractivity contribution in [3.63, 3.8) is 0 Å². The maximum atomic E-state index is 15.7. The number of aromatic nitrogens is 3. The predicted molar refractivity (Wildman–Crippen MR) is 163 cm³/mol. The largest absolute Gasteiger partial charge is 0.383 e. The number of fused-ring (bicyclic) bond motifs is 1. The van der Waals surface area contributed by atoms with Crippen LogP contribution < -0.4 is 15.8 Å². The Balaban J connectivity index is 1.53. The Kier molecular flexibility index (Phi) is 8.90. The molecule has 0 spiro atoms. The first-order valence-corrected chi connectivity index (χ1v) is 16.1. The normalized spacial score (nSPS) is 18.2. The van der Waals surface area contributed by atoms with Gasteiger partial charge in [0.1, 0.15) is 40.0 Å². The summed E-state index contributed by atoms with van der Waals surface area (Å²) in [5.74, 6) is -2.86. The number of aryl methyl sites for hydroxylation is 1. The minimum atomic E-state index is -4.57. The van der Waals surface area contributed by atoms with Gasteiger partial charge in [-0.1, -0.05) is 6.07 Å². The molecule has 236 valence electrons. The minimum Gasteiger partial charge on any atom is -0.383 e. The van der Waals surface area contributed by atoms with Gasteiger partial charge in [-0.25, -0.2) is 31.0 Å². The van der Waals surface area contributed by atoms with Gasteiger partial charge in [-0.3, -0.25) is 9.40 Å². The van der Waals surface area contributed by atoms with Crippen LogP contribution in [0.5, 0.6) is 0 Å². The molecular formula is C31H36F4N6O2S. The summed E-state index contributed by atoms with van der Waals surface area (Å²) in [7, 11) is -4.57. The molecule has 2 aromatic heterocycles. The second-order valence-electron chi connectivity index (χ2n) is 11.8. The Hall–Kier alpha value is -3.71. The number of benzene rings is 2. The Morgan fingerprint density at radius 1 is 1.02 bits per heavy atom. The van der Waals surface area contributed by atoms with Crippen LogP contribution in [0.25, 0.3) is 22.2 Å². The summed E-state index contributed by atoms with van der Waals surface area (Å²) in [6.45, 7) is 7.23. The van der Waals surface area contributed by atoms with Crippen LogP contribution in [0.1, 0.15) is 69.5 Å². The Morgan fingerprint density at radius 3 is 2.39 bits per heavy atom. The van der Waals surface area contributed by atoms with Gasteiger partial charge in [-0.15, -0.1) is 0 Å². The third kappa shape index (κ3) is 6.25. The first-order chi connectivity index (χ1) is 20.8. The molecule has 13 heteroatoms. The molecule has 2 heterocycles. The van der Waals surface area contributed by atoms with Gasteiger partial charge in [0.15, 0.2) is 0 Å². The number of hydrogen-bond donors (Lipinski definition) is 3. The van der Waals surface area contributed by atoms with Gasteiger partial charge in [0.2, 0.25) is 0 Å². The lowest BCUT2D eigenvalue weighted by atomic mass is 9.81. The zero-order valence-corrected chi connectivity index (χ0v) is 25.8. The summed E-state index contributed by atoms with van der Waals surface area (Å²) in [4.78, 5) is 3.72. The molecule has 1 aliphatic carbocycles. The van der Waals surface area contributed by atoms with E-state index in [4.69, 9.17) is 5.73 Å². The van der Waals surface area contributed by atoms with E-state index in [2.05, 4.69) is 15.4 Å². The summed E-state index contributed by atoms with van der Waals surface area (Å²) < 4.78 is 88.2. The topological polar surface area (TPSA) is 115 Å². The molecule has 44 heavy (non-hydrogen) atoms. The van der Waals surface area contributed by atoms with E-state index in [1.165, 1.54) is 13.0 Å². The van der Waals surface area contributed by atoms with E-state index in [1.807, 2.05) is 18.6 Å². The predicted octanol–water partition coefficient (Wildman–Crippen LogP) is 6.76. The Morgan fingerprint density at radius 2 is 1.73 bits per heavy atom.